The Balaban J connectivity index is 1.13. The van der Waals surface area contributed by atoms with Gasteiger partial charge in [-0.2, -0.15) is 4.98 Å². The van der Waals surface area contributed by atoms with Gasteiger partial charge in [0, 0.05) is 30.1 Å². The first kappa shape index (κ1) is 23.4. The number of pyridine rings is 1. The van der Waals surface area contributed by atoms with Gasteiger partial charge in [-0.25, -0.2) is 4.52 Å². The zero-order chi connectivity index (χ0) is 25.2. The Bertz CT molecular complexity index is 1410. The summed E-state index contributed by atoms with van der Waals surface area (Å²) in [5, 5.41) is 7.34. The van der Waals surface area contributed by atoms with Crippen LogP contribution >= 0.6 is 0 Å². The molecular formula is C30H31N5O2. The highest BCUT2D eigenvalue weighted by molar-refractivity contribution is 5.95. The van der Waals surface area contributed by atoms with Crippen molar-refractivity contribution in [2.75, 3.05) is 18.4 Å². The van der Waals surface area contributed by atoms with Gasteiger partial charge in [0.1, 0.15) is 0 Å². The number of carbonyl (C=O) groups is 2. The van der Waals surface area contributed by atoms with Crippen LogP contribution in [0, 0.1) is 11.8 Å². The molecule has 2 aromatic carbocycles. The summed E-state index contributed by atoms with van der Waals surface area (Å²) in [6, 6.07) is 24.1. The number of carbonyl (C=O) groups excluding carboxylic acids is 2. The highest BCUT2D eigenvalue weighted by atomic mass is 16.2. The molecule has 2 aliphatic rings. The second-order valence-corrected chi connectivity index (χ2v) is 10.2. The van der Waals surface area contributed by atoms with Crippen molar-refractivity contribution in [2.24, 2.45) is 11.8 Å². The van der Waals surface area contributed by atoms with Gasteiger partial charge in [-0.15, -0.1) is 5.10 Å². The number of anilines is 1. The van der Waals surface area contributed by atoms with Crippen molar-refractivity contribution in [3.63, 3.8) is 0 Å². The average molecular weight is 494 g/mol. The van der Waals surface area contributed by atoms with E-state index in [4.69, 9.17) is 0 Å². The highest BCUT2D eigenvalue weighted by Gasteiger charge is 2.30. The summed E-state index contributed by atoms with van der Waals surface area (Å²) in [7, 11) is 0. The van der Waals surface area contributed by atoms with Crippen molar-refractivity contribution >= 4 is 23.4 Å². The zero-order valence-electron chi connectivity index (χ0n) is 20.8. The van der Waals surface area contributed by atoms with Crippen molar-refractivity contribution in [1.82, 2.24) is 19.5 Å². The first-order valence-corrected chi connectivity index (χ1v) is 13.2. The summed E-state index contributed by atoms with van der Waals surface area (Å²) in [6.07, 6.45) is 6.17. The molecule has 7 heteroatoms. The van der Waals surface area contributed by atoms with Crippen LogP contribution in [0.25, 0.3) is 16.9 Å². The van der Waals surface area contributed by atoms with Crippen LogP contribution in [0.5, 0.6) is 0 Å². The van der Waals surface area contributed by atoms with Crippen LogP contribution in [0.4, 0.5) is 5.95 Å². The number of fused-ring (bicyclic) bond motifs is 1. The largest absolute Gasteiger partial charge is 0.339 e. The molecule has 37 heavy (non-hydrogen) atoms. The molecule has 1 aliphatic heterocycles. The topological polar surface area (TPSA) is 79.6 Å². The quantitative estimate of drug-likeness (QED) is 0.399. The third-order valence-corrected chi connectivity index (χ3v) is 7.47. The van der Waals surface area contributed by atoms with Gasteiger partial charge in [0.25, 0.3) is 5.91 Å². The van der Waals surface area contributed by atoms with Gasteiger partial charge in [0.15, 0.2) is 5.65 Å². The van der Waals surface area contributed by atoms with Crippen molar-refractivity contribution in [1.29, 1.82) is 0 Å². The summed E-state index contributed by atoms with van der Waals surface area (Å²) in [5.41, 5.74) is 4.54. The van der Waals surface area contributed by atoms with Crippen molar-refractivity contribution in [2.45, 2.75) is 38.5 Å². The zero-order valence-corrected chi connectivity index (χ0v) is 20.8. The lowest BCUT2D eigenvalue weighted by atomic mass is 9.93. The Morgan fingerprint density at radius 2 is 1.68 bits per heavy atom. The molecule has 2 amide bonds. The second-order valence-electron chi connectivity index (χ2n) is 10.2. The number of hydrogen-bond acceptors (Lipinski definition) is 4. The fraction of sp³-hybridized carbons (Fsp3) is 0.333. The first-order chi connectivity index (χ1) is 18.1. The smallest absolute Gasteiger partial charge is 0.253 e. The molecule has 4 aromatic rings. The molecule has 0 bridgehead atoms. The molecule has 7 nitrogen and oxygen atoms in total. The first-order valence-electron chi connectivity index (χ1n) is 13.2. The van der Waals surface area contributed by atoms with E-state index in [2.05, 4.69) is 45.7 Å². The molecule has 0 spiro atoms. The number of hydrogen-bond donors (Lipinski definition) is 1. The van der Waals surface area contributed by atoms with Gasteiger partial charge in [-0.05, 0) is 74.3 Å². The van der Waals surface area contributed by atoms with E-state index in [1.165, 1.54) is 5.56 Å². The number of nitrogens with one attached hydrogen (secondary N) is 1. The highest BCUT2D eigenvalue weighted by Crippen LogP contribution is 2.30. The van der Waals surface area contributed by atoms with Crippen LogP contribution in [0.2, 0.25) is 0 Å². The van der Waals surface area contributed by atoms with E-state index < -0.39 is 0 Å². The maximum Gasteiger partial charge on any atom is 0.253 e. The van der Waals surface area contributed by atoms with Gasteiger partial charge in [0.2, 0.25) is 11.9 Å². The minimum atomic E-state index is -0.0137. The molecule has 6 rings (SSSR count). The molecule has 2 aromatic heterocycles. The standard InChI is InChI=1S/C30H31N5O2/c36-28(24-13-14-24)32-30-31-27-10-4-9-26(35(27)33-30)23-11-15-25(16-12-23)29(37)34-18-5-8-22(17-19-34)20-21-6-2-1-3-7-21/h1-4,6-7,9-12,15-16,22,24H,5,8,13-14,17-20H2,(H,32,33,36). The number of rotatable bonds is 6. The van der Waals surface area contributed by atoms with E-state index in [1.54, 1.807) is 4.52 Å². The van der Waals surface area contributed by atoms with E-state index in [0.717, 1.165) is 62.9 Å². The second kappa shape index (κ2) is 10.2. The minimum Gasteiger partial charge on any atom is -0.339 e. The number of benzene rings is 2. The fourth-order valence-electron chi connectivity index (χ4n) is 5.22. The Morgan fingerprint density at radius 1 is 0.865 bits per heavy atom. The fourth-order valence-corrected chi connectivity index (χ4v) is 5.22. The van der Waals surface area contributed by atoms with Crippen molar-refractivity contribution in [3.8, 4) is 11.3 Å². The monoisotopic (exact) mass is 493 g/mol. The third kappa shape index (κ3) is 5.26. The molecule has 1 unspecified atom stereocenters. The lowest BCUT2D eigenvalue weighted by Crippen LogP contribution is -2.32. The van der Waals surface area contributed by atoms with Crippen LogP contribution < -0.4 is 5.32 Å². The number of aromatic nitrogens is 3. The van der Waals surface area contributed by atoms with Crippen LogP contribution in [-0.2, 0) is 11.2 Å². The minimum absolute atomic E-state index is 0.0137. The molecule has 2 fully saturated rings. The number of nitrogens with zero attached hydrogens (tertiary/aromatic N) is 4. The van der Waals surface area contributed by atoms with E-state index in [9.17, 15) is 9.59 Å². The molecule has 1 saturated carbocycles. The van der Waals surface area contributed by atoms with Gasteiger partial charge in [-0.3, -0.25) is 14.9 Å². The average Bonchev–Trinajstić information content (AvgIpc) is 3.73. The molecule has 0 radical (unpaired) electrons. The molecule has 1 saturated heterocycles. The van der Waals surface area contributed by atoms with Crippen LogP contribution in [0.3, 0.4) is 0 Å². The summed E-state index contributed by atoms with van der Waals surface area (Å²) in [6.45, 7) is 1.60. The maximum absolute atomic E-state index is 13.3. The van der Waals surface area contributed by atoms with Crippen molar-refractivity contribution in [3.05, 3.63) is 83.9 Å². The van der Waals surface area contributed by atoms with Gasteiger partial charge in [0.05, 0.1) is 5.69 Å². The Kier molecular flexibility index (Phi) is 6.43. The Morgan fingerprint density at radius 3 is 2.46 bits per heavy atom. The molecule has 1 N–H and O–H groups in total. The lowest BCUT2D eigenvalue weighted by molar-refractivity contribution is -0.117. The van der Waals surface area contributed by atoms with Gasteiger partial charge < -0.3 is 4.90 Å². The normalized spacial score (nSPS) is 17.9. The molecule has 1 aliphatic carbocycles. The van der Waals surface area contributed by atoms with Gasteiger partial charge in [-0.1, -0.05) is 48.5 Å². The van der Waals surface area contributed by atoms with Gasteiger partial charge >= 0.3 is 0 Å². The van der Waals surface area contributed by atoms with E-state index >= 15 is 0 Å². The summed E-state index contributed by atoms with van der Waals surface area (Å²) in [4.78, 5) is 31.9. The molecule has 3 heterocycles. The lowest BCUT2D eigenvalue weighted by Gasteiger charge is -2.21. The SMILES string of the molecule is O=C(Nc1nc2cccc(-c3ccc(C(=O)N4CCCC(Cc5ccccc5)CC4)cc3)n2n1)C1CC1. The predicted octanol–water partition coefficient (Wildman–Crippen LogP) is 5.23. The third-order valence-electron chi connectivity index (χ3n) is 7.47. The summed E-state index contributed by atoms with van der Waals surface area (Å²) in [5.74, 6) is 1.11. The van der Waals surface area contributed by atoms with Crippen molar-refractivity contribution < 1.29 is 9.59 Å². The number of likely N-dealkylation sites (tertiary alicyclic amines) is 1. The van der Waals surface area contributed by atoms with Crippen LogP contribution in [0.15, 0.2) is 72.8 Å². The Hall–Kier alpha value is -4.00. The summed E-state index contributed by atoms with van der Waals surface area (Å²) < 4.78 is 1.74. The predicted molar refractivity (Wildman–Crippen MR) is 143 cm³/mol. The van der Waals surface area contributed by atoms with E-state index in [0.29, 0.717) is 23.1 Å². The van der Waals surface area contributed by atoms with E-state index in [1.807, 2.05) is 47.4 Å². The molecule has 1 atom stereocenters. The van der Waals surface area contributed by atoms with Crippen LogP contribution in [-0.4, -0.2) is 44.4 Å². The Labute approximate surface area is 216 Å². The number of amides is 2. The van der Waals surface area contributed by atoms with E-state index in [-0.39, 0.29) is 17.7 Å². The molecular weight excluding hydrogens is 462 g/mol. The molecule has 188 valence electrons. The van der Waals surface area contributed by atoms with Crippen LogP contribution in [0.1, 0.15) is 48.0 Å². The maximum atomic E-state index is 13.3. The summed E-state index contributed by atoms with van der Waals surface area (Å²) >= 11 is 0.